The average molecular weight is 277 g/mol. The molecule has 1 heterocycles. The first-order valence-corrected chi connectivity index (χ1v) is 6.91. The van der Waals surface area contributed by atoms with Crippen molar-refractivity contribution in [3.8, 4) is 6.07 Å². The smallest absolute Gasteiger partial charge is 0.255 e. The van der Waals surface area contributed by atoms with Crippen LogP contribution in [-0.2, 0) is 13.0 Å². The molecule has 0 saturated heterocycles. The van der Waals surface area contributed by atoms with E-state index in [0.717, 1.165) is 25.2 Å². The van der Waals surface area contributed by atoms with Gasteiger partial charge in [0.05, 0.1) is 11.6 Å². The summed E-state index contributed by atoms with van der Waals surface area (Å²) in [6.07, 6.45) is 0.907. The van der Waals surface area contributed by atoms with Gasteiger partial charge in [-0.2, -0.15) is 5.26 Å². The van der Waals surface area contributed by atoms with Crippen LogP contribution >= 0.6 is 0 Å². The molecule has 4 nitrogen and oxygen atoms in total. The van der Waals surface area contributed by atoms with Crippen LogP contribution in [-0.4, -0.2) is 12.5 Å². The van der Waals surface area contributed by atoms with Crippen molar-refractivity contribution < 1.29 is 4.79 Å². The predicted molar refractivity (Wildman–Crippen MR) is 81.0 cm³/mol. The summed E-state index contributed by atoms with van der Waals surface area (Å²) in [4.78, 5) is 12.3. The molecule has 0 aromatic heterocycles. The van der Waals surface area contributed by atoms with Gasteiger partial charge in [-0.3, -0.25) is 4.79 Å². The van der Waals surface area contributed by atoms with Crippen LogP contribution in [0.2, 0.25) is 0 Å². The van der Waals surface area contributed by atoms with E-state index in [-0.39, 0.29) is 5.91 Å². The number of rotatable bonds is 2. The van der Waals surface area contributed by atoms with Gasteiger partial charge in [0.25, 0.3) is 5.91 Å². The van der Waals surface area contributed by atoms with Crippen molar-refractivity contribution in [2.24, 2.45) is 0 Å². The maximum atomic E-state index is 12.3. The lowest BCUT2D eigenvalue weighted by molar-refractivity contribution is 0.102. The molecule has 1 aliphatic rings. The first-order chi connectivity index (χ1) is 10.3. The molecular weight excluding hydrogens is 262 g/mol. The van der Waals surface area contributed by atoms with E-state index in [0.29, 0.717) is 11.1 Å². The second kappa shape index (κ2) is 5.78. The molecule has 0 saturated carbocycles. The molecule has 2 N–H and O–H groups in total. The van der Waals surface area contributed by atoms with E-state index in [4.69, 9.17) is 5.26 Å². The zero-order chi connectivity index (χ0) is 14.7. The standard InChI is InChI=1S/C17H15N3O/c18-10-12-3-1-4-13(9-12)17(21)20-16-6-2-5-14-11-19-8-7-15(14)16/h1-6,9,19H,7-8,11H2,(H,20,21). The third-order valence-electron chi connectivity index (χ3n) is 3.64. The molecule has 104 valence electrons. The predicted octanol–water partition coefficient (Wildman–Crippen LogP) is 2.46. The van der Waals surface area contributed by atoms with Crippen LogP contribution in [0.5, 0.6) is 0 Å². The molecule has 0 atom stereocenters. The van der Waals surface area contributed by atoms with E-state index in [1.165, 1.54) is 11.1 Å². The van der Waals surface area contributed by atoms with Crippen molar-refractivity contribution in [3.63, 3.8) is 0 Å². The van der Waals surface area contributed by atoms with Crippen LogP contribution in [0.4, 0.5) is 5.69 Å². The zero-order valence-electron chi connectivity index (χ0n) is 11.5. The van der Waals surface area contributed by atoms with E-state index in [1.54, 1.807) is 24.3 Å². The molecule has 4 heteroatoms. The van der Waals surface area contributed by atoms with Crippen LogP contribution in [0.3, 0.4) is 0 Å². The number of carbonyl (C=O) groups excluding carboxylic acids is 1. The Labute approximate surface area is 123 Å². The lowest BCUT2D eigenvalue weighted by Gasteiger charge is -2.20. The van der Waals surface area contributed by atoms with Crippen LogP contribution in [0.25, 0.3) is 0 Å². The fourth-order valence-corrected chi connectivity index (χ4v) is 2.57. The first-order valence-electron chi connectivity index (χ1n) is 6.91. The van der Waals surface area contributed by atoms with Crippen LogP contribution in [0.1, 0.15) is 27.0 Å². The third kappa shape index (κ3) is 2.78. The van der Waals surface area contributed by atoms with E-state index >= 15 is 0 Å². The number of hydrogen-bond acceptors (Lipinski definition) is 3. The maximum Gasteiger partial charge on any atom is 0.255 e. The minimum Gasteiger partial charge on any atom is -0.322 e. The largest absolute Gasteiger partial charge is 0.322 e. The molecule has 0 unspecified atom stereocenters. The second-order valence-electron chi connectivity index (χ2n) is 5.02. The van der Waals surface area contributed by atoms with Crippen LogP contribution in [0, 0.1) is 11.3 Å². The fourth-order valence-electron chi connectivity index (χ4n) is 2.57. The Morgan fingerprint density at radius 1 is 1.24 bits per heavy atom. The molecule has 3 rings (SSSR count). The SMILES string of the molecule is N#Cc1cccc(C(=O)Nc2cccc3c2CCNC3)c1. The van der Waals surface area contributed by atoms with E-state index in [2.05, 4.69) is 16.7 Å². The van der Waals surface area contributed by atoms with Crippen molar-refractivity contribution in [3.05, 3.63) is 64.7 Å². The number of amides is 1. The lowest BCUT2D eigenvalue weighted by Crippen LogP contribution is -2.25. The summed E-state index contributed by atoms with van der Waals surface area (Å²) in [6.45, 7) is 1.76. The van der Waals surface area contributed by atoms with Crippen LogP contribution < -0.4 is 10.6 Å². The molecule has 0 bridgehead atoms. The lowest BCUT2D eigenvalue weighted by atomic mass is 9.99. The Balaban J connectivity index is 1.87. The van der Waals surface area contributed by atoms with Crippen molar-refractivity contribution in [1.82, 2.24) is 5.32 Å². The summed E-state index contributed by atoms with van der Waals surface area (Å²) < 4.78 is 0. The summed E-state index contributed by atoms with van der Waals surface area (Å²) >= 11 is 0. The van der Waals surface area contributed by atoms with Gasteiger partial charge in [-0.25, -0.2) is 0 Å². The molecule has 0 radical (unpaired) electrons. The van der Waals surface area contributed by atoms with Gasteiger partial charge < -0.3 is 10.6 Å². The molecule has 0 fully saturated rings. The van der Waals surface area contributed by atoms with Gasteiger partial charge in [0.15, 0.2) is 0 Å². The normalized spacial score (nSPS) is 13.1. The van der Waals surface area contributed by atoms with Gasteiger partial charge >= 0.3 is 0 Å². The highest BCUT2D eigenvalue weighted by Gasteiger charge is 2.14. The number of nitriles is 1. The van der Waals surface area contributed by atoms with Crippen molar-refractivity contribution in [2.75, 3.05) is 11.9 Å². The minimum absolute atomic E-state index is 0.181. The first kappa shape index (κ1) is 13.3. The number of carbonyl (C=O) groups is 1. The van der Waals surface area contributed by atoms with E-state index < -0.39 is 0 Å². The molecule has 0 aliphatic carbocycles. The third-order valence-corrected chi connectivity index (χ3v) is 3.64. The molecule has 2 aromatic carbocycles. The number of fused-ring (bicyclic) bond motifs is 1. The van der Waals surface area contributed by atoms with Gasteiger partial charge in [0.1, 0.15) is 0 Å². The quantitative estimate of drug-likeness (QED) is 0.886. The summed E-state index contributed by atoms with van der Waals surface area (Å²) in [5.41, 5.74) is 4.27. The van der Waals surface area contributed by atoms with Crippen molar-refractivity contribution >= 4 is 11.6 Å². The molecular formula is C17H15N3O. The highest BCUT2D eigenvalue weighted by Crippen LogP contribution is 2.23. The second-order valence-corrected chi connectivity index (χ2v) is 5.02. The Hall–Kier alpha value is -2.64. The molecule has 21 heavy (non-hydrogen) atoms. The van der Waals surface area contributed by atoms with E-state index in [9.17, 15) is 4.79 Å². The Kier molecular flexibility index (Phi) is 3.67. The minimum atomic E-state index is -0.181. The molecule has 0 spiro atoms. The Morgan fingerprint density at radius 2 is 2.10 bits per heavy atom. The fraction of sp³-hybridized carbons (Fsp3) is 0.176. The maximum absolute atomic E-state index is 12.3. The van der Waals surface area contributed by atoms with Crippen molar-refractivity contribution in [2.45, 2.75) is 13.0 Å². The van der Waals surface area contributed by atoms with Crippen molar-refractivity contribution in [1.29, 1.82) is 5.26 Å². The number of hydrogen-bond donors (Lipinski definition) is 2. The van der Waals surface area contributed by atoms with Gasteiger partial charge in [0, 0.05) is 17.8 Å². The van der Waals surface area contributed by atoms with Crippen LogP contribution in [0.15, 0.2) is 42.5 Å². The monoisotopic (exact) mass is 277 g/mol. The topological polar surface area (TPSA) is 64.9 Å². The Bertz CT molecular complexity index is 731. The molecule has 1 amide bonds. The number of nitrogens with zero attached hydrogens (tertiary/aromatic N) is 1. The summed E-state index contributed by atoms with van der Waals surface area (Å²) in [5.74, 6) is -0.181. The number of nitrogens with one attached hydrogen (secondary N) is 2. The summed E-state index contributed by atoms with van der Waals surface area (Å²) in [5, 5.41) is 15.2. The summed E-state index contributed by atoms with van der Waals surface area (Å²) in [6, 6.07) is 14.7. The number of anilines is 1. The van der Waals surface area contributed by atoms with Gasteiger partial charge in [-0.1, -0.05) is 18.2 Å². The van der Waals surface area contributed by atoms with Gasteiger partial charge in [0.2, 0.25) is 0 Å². The zero-order valence-corrected chi connectivity index (χ0v) is 11.5. The van der Waals surface area contributed by atoms with Gasteiger partial charge in [-0.15, -0.1) is 0 Å². The highest BCUT2D eigenvalue weighted by atomic mass is 16.1. The molecule has 2 aromatic rings. The average Bonchev–Trinajstić information content (AvgIpc) is 2.55. The van der Waals surface area contributed by atoms with Gasteiger partial charge in [-0.05, 0) is 48.4 Å². The summed E-state index contributed by atoms with van der Waals surface area (Å²) in [7, 11) is 0. The molecule has 1 aliphatic heterocycles. The highest BCUT2D eigenvalue weighted by molar-refractivity contribution is 6.05. The number of benzene rings is 2. The van der Waals surface area contributed by atoms with E-state index in [1.807, 2.05) is 18.2 Å². The Morgan fingerprint density at radius 3 is 2.95 bits per heavy atom.